The fourth-order valence-corrected chi connectivity index (χ4v) is 3.47. The van der Waals surface area contributed by atoms with Gasteiger partial charge in [0.2, 0.25) is 11.9 Å². The normalized spacial score (nSPS) is 12.1. The summed E-state index contributed by atoms with van der Waals surface area (Å²) in [5.41, 5.74) is 2.09. The van der Waals surface area contributed by atoms with E-state index in [0.29, 0.717) is 29.7 Å². The van der Waals surface area contributed by atoms with Crippen LogP contribution in [-0.2, 0) is 9.53 Å². The van der Waals surface area contributed by atoms with Crippen LogP contribution in [0.2, 0.25) is 0 Å². The number of halogens is 1. The van der Waals surface area contributed by atoms with Gasteiger partial charge < -0.3 is 20.7 Å². The van der Waals surface area contributed by atoms with E-state index in [9.17, 15) is 14.0 Å². The number of carbonyl (C=O) groups is 2. The van der Waals surface area contributed by atoms with E-state index in [1.165, 1.54) is 24.1 Å². The van der Waals surface area contributed by atoms with Crippen molar-refractivity contribution >= 4 is 47.3 Å². The van der Waals surface area contributed by atoms with Gasteiger partial charge in [0, 0.05) is 36.7 Å². The molecule has 0 saturated heterocycles. The number of likely N-dealkylation sites (N-methyl/N-ethyl adjacent to an activating group) is 1. The highest BCUT2D eigenvalue weighted by Crippen LogP contribution is 2.21. The average Bonchev–Trinajstić information content (AvgIpc) is 2.89. The molecule has 2 aromatic carbocycles. The summed E-state index contributed by atoms with van der Waals surface area (Å²) >= 11 is 0. The van der Waals surface area contributed by atoms with Crippen LogP contribution in [0, 0.1) is 5.82 Å². The summed E-state index contributed by atoms with van der Waals surface area (Å²) < 4.78 is 18.9. The number of amides is 2. The molecular formula is C30H37FN6O3. The van der Waals surface area contributed by atoms with Crippen LogP contribution in [0.25, 0.3) is 12.2 Å². The maximum Gasteiger partial charge on any atom is 0.410 e. The molecule has 10 heteroatoms. The lowest BCUT2D eigenvalue weighted by Crippen LogP contribution is -2.45. The monoisotopic (exact) mass is 548 g/mol. The number of benzene rings is 2. The number of carbonyl (C=O) groups excluding carboxylic acids is 2. The van der Waals surface area contributed by atoms with Crippen LogP contribution in [0.5, 0.6) is 0 Å². The van der Waals surface area contributed by atoms with Crippen molar-refractivity contribution in [2.75, 3.05) is 29.5 Å². The van der Waals surface area contributed by atoms with E-state index in [1.54, 1.807) is 52.1 Å². The average molecular weight is 549 g/mol. The fraction of sp³-hybridized carbons (Fsp3) is 0.333. The third kappa shape index (κ3) is 9.07. The van der Waals surface area contributed by atoms with E-state index in [4.69, 9.17) is 4.74 Å². The molecular weight excluding hydrogens is 511 g/mol. The summed E-state index contributed by atoms with van der Waals surface area (Å²) in [7, 11) is 1.53. The Balaban J connectivity index is 1.72. The topological polar surface area (TPSA) is 108 Å². The molecule has 3 N–H and O–H groups in total. The van der Waals surface area contributed by atoms with Crippen LogP contribution in [0.3, 0.4) is 0 Å². The highest BCUT2D eigenvalue weighted by molar-refractivity contribution is 5.96. The number of rotatable bonds is 10. The van der Waals surface area contributed by atoms with Gasteiger partial charge in [-0.05, 0) is 76.1 Å². The summed E-state index contributed by atoms with van der Waals surface area (Å²) in [5.74, 6) is 0.291. The van der Waals surface area contributed by atoms with Gasteiger partial charge in [0.05, 0.1) is 0 Å². The van der Waals surface area contributed by atoms with Crippen LogP contribution in [-0.4, -0.2) is 52.1 Å². The van der Waals surface area contributed by atoms with Crippen molar-refractivity contribution in [3.8, 4) is 0 Å². The Morgan fingerprint density at radius 3 is 2.52 bits per heavy atom. The lowest BCUT2D eigenvalue weighted by atomic mass is 10.1. The van der Waals surface area contributed by atoms with E-state index in [0.717, 1.165) is 17.5 Å². The Morgan fingerprint density at radius 1 is 1.10 bits per heavy atom. The minimum absolute atomic E-state index is 0.338. The molecule has 1 aromatic heterocycles. The quantitative estimate of drug-likeness (QED) is 0.264. The van der Waals surface area contributed by atoms with Gasteiger partial charge in [-0.25, -0.2) is 14.2 Å². The molecule has 212 valence electrons. The highest BCUT2D eigenvalue weighted by atomic mass is 19.1. The molecule has 9 nitrogen and oxygen atoms in total. The molecule has 0 aliphatic carbocycles. The Kier molecular flexibility index (Phi) is 10.2. The first kappa shape index (κ1) is 30.1. The predicted octanol–water partition coefficient (Wildman–Crippen LogP) is 6.55. The summed E-state index contributed by atoms with van der Waals surface area (Å²) in [6.07, 6.45) is 5.79. The first-order valence-electron chi connectivity index (χ1n) is 13.1. The van der Waals surface area contributed by atoms with Gasteiger partial charge in [0.15, 0.2) is 0 Å². The summed E-state index contributed by atoms with van der Waals surface area (Å²) in [4.78, 5) is 35.4. The van der Waals surface area contributed by atoms with Gasteiger partial charge in [0.25, 0.3) is 0 Å². The van der Waals surface area contributed by atoms with Gasteiger partial charge >= 0.3 is 6.09 Å². The van der Waals surface area contributed by atoms with Crippen molar-refractivity contribution in [3.63, 3.8) is 0 Å². The number of hydrogen-bond acceptors (Lipinski definition) is 7. The molecule has 0 bridgehead atoms. The van der Waals surface area contributed by atoms with Gasteiger partial charge in [-0.15, -0.1) is 0 Å². The van der Waals surface area contributed by atoms with E-state index >= 15 is 0 Å². The van der Waals surface area contributed by atoms with E-state index in [1.807, 2.05) is 30.4 Å². The van der Waals surface area contributed by atoms with Crippen LogP contribution in [0.4, 0.5) is 32.3 Å². The molecule has 2 amide bonds. The number of nitrogens with zero attached hydrogens (tertiary/aromatic N) is 3. The minimum atomic E-state index is -0.738. The number of aromatic nitrogens is 2. The number of hydrogen-bond donors (Lipinski definition) is 3. The Morgan fingerprint density at radius 2 is 1.82 bits per heavy atom. The first-order valence-corrected chi connectivity index (χ1v) is 13.1. The maximum atomic E-state index is 13.6. The molecule has 0 aliphatic rings. The second kappa shape index (κ2) is 13.5. The SMILES string of the molecule is CCCNc1nc(Nc2cccc(F)c2)ncc1C=Cc1cccc(NC(=O)[C@H](C)N(C)C(=O)OC(C)(C)C)c1. The molecule has 0 fully saturated rings. The zero-order valence-electron chi connectivity index (χ0n) is 23.8. The molecule has 3 rings (SSSR count). The molecule has 1 atom stereocenters. The summed E-state index contributed by atoms with van der Waals surface area (Å²) in [6.45, 7) is 9.73. The van der Waals surface area contributed by atoms with Gasteiger partial charge in [-0.2, -0.15) is 4.98 Å². The predicted molar refractivity (Wildman–Crippen MR) is 158 cm³/mol. The van der Waals surface area contributed by atoms with Crippen LogP contribution >= 0.6 is 0 Å². The molecule has 3 aromatic rings. The van der Waals surface area contributed by atoms with Crippen LogP contribution in [0.15, 0.2) is 54.7 Å². The molecule has 1 heterocycles. The lowest BCUT2D eigenvalue weighted by Gasteiger charge is -2.28. The standard InChI is InChI=1S/C30H37FN6O3/c1-7-16-32-26-22(19-33-28(36-26)35-25-13-9-11-23(31)18-25)15-14-21-10-8-12-24(17-21)34-27(38)20(2)37(6)29(39)40-30(3,4)5/h8-15,17-20H,7,16H2,1-6H3,(H,34,38)(H2,32,33,35,36)/t20-/m0/s1. The van der Waals surface area contributed by atoms with Crippen molar-refractivity contribution in [1.29, 1.82) is 0 Å². The van der Waals surface area contributed by atoms with Crippen molar-refractivity contribution in [1.82, 2.24) is 14.9 Å². The molecule has 0 radical (unpaired) electrons. The zero-order valence-corrected chi connectivity index (χ0v) is 23.8. The minimum Gasteiger partial charge on any atom is -0.444 e. The van der Waals surface area contributed by atoms with Gasteiger partial charge in [-0.3, -0.25) is 9.69 Å². The van der Waals surface area contributed by atoms with Gasteiger partial charge in [0.1, 0.15) is 23.3 Å². The van der Waals surface area contributed by atoms with Crippen molar-refractivity contribution < 1.29 is 18.7 Å². The number of anilines is 4. The Hall–Kier alpha value is -4.47. The molecule has 0 unspecified atom stereocenters. The third-order valence-electron chi connectivity index (χ3n) is 5.69. The second-order valence-corrected chi connectivity index (χ2v) is 10.3. The highest BCUT2D eigenvalue weighted by Gasteiger charge is 2.27. The molecule has 0 spiro atoms. The van der Waals surface area contributed by atoms with Crippen molar-refractivity contribution in [2.24, 2.45) is 0 Å². The number of ether oxygens (including phenoxy) is 1. The third-order valence-corrected chi connectivity index (χ3v) is 5.69. The number of nitrogens with one attached hydrogen (secondary N) is 3. The van der Waals surface area contributed by atoms with Gasteiger partial charge in [-0.1, -0.05) is 31.2 Å². The molecule has 0 saturated carbocycles. The Labute approximate surface area is 234 Å². The largest absolute Gasteiger partial charge is 0.444 e. The van der Waals surface area contributed by atoms with E-state index < -0.39 is 17.7 Å². The second-order valence-electron chi connectivity index (χ2n) is 10.3. The fourth-order valence-electron chi connectivity index (χ4n) is 3.47. The van der Waals surface area contributed by atoms with E-state index in [2.05, 4.69) is 32.8 Å². The smallest absolute Gasteiger partial charge is 0.410 e. The molecule has 40 heavy (non-hydrogen) atoms. The zero-order chi connectivity index (χ0) is 29.3. The van der Waals surface area contributed by atoms with Crippen molar-refractivity contribution in [3.05, 3.63) is 71.7 Å². The maximum absolute atomic E-state index is 13.6. The summed E-state index contributed by atoms with van der Waals surface area (Å²) in [6, 6.07) is 12.7. The van der Waals surface area contributed by atoms with Crippen LogP contribution < -0.4 is 16.0 Å². The van der Waals surface area contributed by atoms with Crippen LogP contribution in [0.1, 0.15) is 52.2 Å². The van der Waals surface area contributed by atoms with Crippen molar-refractivity contribution in [2.45, 2.75) is 52.7 Å². The first-order chi connectivity index (χ1) is 18.9. The summed E-state index contributed by atoms with van der Waals surface area (Å²) in [5, 5.41) is 9.19. The Bertz CT molecular complexity index is 1360. The lowest BCUT2D eigenvalue weighted by molar-refractivity contribution is -0.120. The molecule has 0 aliphatic heterocycles. The van der Waals surface area contributed by atoms with E-state index in [-0.39, 0.29) is 11.7 Å².